The monoisotopic (exact) mass is 293 g/mol. The number of hydrogen-bond acceptors (Lipinski definition) is 4. The molecule has 0 saturated carbocycles. The van der Waals surface area contributed by atoms with Gasteiger partial charge in [-0.3, -0.25) is 9.36 Å². The fraction of sp³-hybridized carbons (Fsp3) is 0.429. The average molecular weight is 294 g/mol. The van der Waals surface area contributed by atoms with Crippen molar-refractivity contribution in [2.24, 2.45) is 0 Å². The van der Waals surface area contributed by atoms with Gasteiger partial charge in [-0.2, -0.15) is 0 Å². The number of halogens is 1. The molecule has 3 rings (SSSR count). The maximum atomic E-state index is 12.5. The van der Waals surface area contributed by atoms with Crippen molar-refractivity contribution in [3.8, 4) is 5.75 Å². The molecule has 0 radical (unpaired) electrons. The highest BCUT2D eigenvalue weighted by atomic mass is 35.5. The summed E-state index contributed by atoms with van der Waals surface area (Å²) in [7, 11) is 0. The van der Waals surface area contributed by atoms with Crippen LogP contribution >= 0.6 is 11.6 Å². The Kier molecular flexibility index (Phi) is 3.63. The Balaban J connectivity index is 2.06. The highest BCUT2D eigenvalue weighted by Gasteiger charge is 2.18. The summed E-state index contributed by atoms with van der Waals surface area (Å²) in [6, 6.07) is 5.03. The molecule has 0 bridgehead atoms. The molecule has 1 aromatic heterocycles. The van der Waals surface area contributed by atoms with E-state index in [2.05, 4.69) is 10.3 Å². The standard InChI is InChI=1S/C14H16ClN3O2/c15-14-17-10-5-3-6-11(19)12(10)13(20)18(14)8-9-4-1-2-7-16-9/h3,5-6,9,16,19H,1-2,4,7-8H2. The molecule has 6 heteroatoms. The first kappa shape index (κ1) is 13.4. The van der Waals surface area contributed by atoms with Gasteiger partial charge in [0.2, 0.25) is 5.28 Å². The average Bonchev–Trinajstić information content (AvgIpc) is 2.44. The summed E-state index contributed by atoms with van der Waals surface area (Å²) in [5, 5.41) is 13.6. The Morgan fingerprint density at radius 1 is 1.45 bits per heavy atom. The number of phenols is 1. The second-order valence-electron chi connectivity index (χ2n) is 5.11. The van der Waals surface area contributed by atoms with Crippen molar-refractivity contribution in [2.75, 3.05) is 6.54 Å². The first-order valence-electron chi connectivity index (χ1n) is 6.78. The molecule has 0 aliphatic carbocycles. The third kappa shape index (κ3) is 2.39. The van der Waals surface area contributed by atoms with Crippen molar-refractivity contribution in [1.82, 2.24) is 14.9 Å². The van der Waals surface area contributed by atoms with E-state index >= 15 is 0 Å². The van der Waals surface area contributed by atoms with Crippen LogP contribution in [0.2, 0.25) is 5.28 Å². The molecule has 1 fully saturated rings. The smallest absolute Gasteiger partial charge is 0.266 e. The van der Waals surface area contributed by atoms with Crippen molar-refractivity contribution in [3.63, 3.8) is 0 Å². The Morgan fingerprint density at radius 3 is 3.05 bits per heavy atom. The highest BCUT2D eigenvalue weighted by Crippen LogP contribution is 2.21. The lowest BCUT2D eigenvalue weighted by atomic mass is 10.1. The van der Waals surface area contributed by atoms with E-state index in [0.717, 1.165) is 25.8 Å². The summed E-state index contributed by atoms with van der Waals surface area (Å²) in [6.07, 6.45) is 3.33. The minimum Gasteiger partial charge on any atom is -0.507 e. The Hall–Kier alpha value is -1.59. The number of hydrogen-bond donors (Lipinski definition) is 2. The van der Waals surface area contributed by atoms with Crippen LogP contribution in [0.3, 0.4) is 0 Å². The molecule has 0 amide bonds. The quantitative estimate of drug-likeness (QED) is 0.830. The van der Waals surface area contributed by atoms with E-state index in [-0.39, 0.29) is 28.0 Å². The van der Waals surface area contributed by atoms with Gasteiger partial charge in [0.1, 0.15) is 11.1 Å². The number of aromatic nitrogens is 2. The van der Waals surface area contributed by atoms with Crippen LogP contribution in [-0.4, -0.2) is 27.2 Å². The van der Waals surface area contributed by atoms with Crippen molar-refractivity contribution in [1.29, 1.82) is 0 Å². The third-order valence-electron chi connectivity index (χ3n) is 3.73. The normalized spacial score (nSPS) is 19.4. The zero-order valence-electron chi connectivity index (χ0n) is 11.0. The molecule has 106 valence electrons. The predicted octanol–water partition coefficient (Wildman–Crippen LogP) is 1.90. The molecule has 1 saturated heterocycles. The van der Waals surface area contributed by atoms with Crippen LogP contribution in [0.5, 0.6) is 5.75 Å². The molecular weight excluding hydrogens is 278 g/mol. The lowest BCUT2D eigenvalue weighted by Crippen LogP contribution is -2.40. The van der Waals surface area contributed by atoms with Crippen LogP contribution in [0, 0.1) is 0 Å². The molecule has 1 unspecified atom stereocenters. The topological polar surface area (TPSA) is 67.1 Å². The van der Waals surface area contributed by atoms with Crippen molar-refractivity contribution >= 4 is 22.5 Å². The Labute approximate surface area is 121 Å². The number of nitrogens with one attached hydrogen (secondary N) is 1. The zero-order valence-corrected chi connectivity index (χ0v) is 11.7. The van der Waals surface area contributed by atoms with E-state index in [0.29, 0.717) is 12.1 Å². The van der Waals surface area contributed by atoms with E-state index in [4.69, 9.17) is 11.6 Å². The first-order chi connectivity index (χ1) is 9.66. The number of benzene rings is 1. The van der Waals surface area contributed by atoms with Gasteiger partial charge in [0.05, 0.1) is 5.52 Å². The molecule has 1 aliphatic rings. The molecule has 1 aromatic carbocycles. The maximum absolute atomic E-state index is 12.5. The van der Waals surface area contributed by atoms with E-state index in [9.17, 15) is 9.90 Å². The van der Waals surface area contributed by atoms with Crippen molar-refractivity contribution in [3.05, 3.63) is 33.8 Å². The predicted molar refractivity (Wildman–Crippen MR) is 78.3 cm³/mol. The SMILES string of the molecule is O=c1c2c(O)cccc2nc(Cl)n1CC1CCCCN1. The molecule has 2 aromatic rings. The lowest BCUT2D eigenvalue weighted by Gasteiger charge is -2.24. The minimum absolute atomic E-state index is 0.0537. The summed E-state index contributed by atoms with van der Waals surface area (Å²) in [5.41, 5.74) is 0.137. The van der Waals surface area contributed by atoms with Gasteiger partial charge in [0.25, 0.3) is 5.56 Å². The van der Waals surface area contributed by atoms with Crippen LogP contribution in [0.4, 0.5) is 0 Å². The van der Waals surface area contributed by atoms with Gasteiger partial charge in [0, 0.05) is 12.6 Å². The maximum Gasteiger partial charge on any atom is 0.266 e. The van der Waals surface area contributed by atoms with Gasteiger partial charge in [-0.25, -0.2) is 4.98 Å². The van der Waals surface area contributed by atoms with E-state index in [1.165, 1.54) is 10.6 Å². The summed E-state index contributed by atoms with van der Waals surface area (Å²) in [4.78, 5) is 16.7. The van der Waals surface area contributed by atoms with Crippen molar-refractivity contribution in [2.45, 2.75) is 31.8 Å². The number of nitrogens with zero attached hydrogens (tertiary/aromatic N) is 2. The molecular formula is C14H16ClN3O2. The van der Waals surface area contributed by atoms with Gasteiger partial charge >= 0.3 is 0 Å². The molecule has 20 heavy (non-hydrogen) atoms. The second-order valence-corrected chi connectivity index (χ2v) is 5.45. The number of aromatic hydroxyl groups is 1. The summed E-state index contributed by atoms with van der Waals surface area (Å²) < 4.78 is 1.44. The van der Waals surface area contributed by atoms with Gasteiger partial charge in [0.15, 0.2) is 0 Å². The van der Waals surface area contributed by atoms with Gasteiger partial charge < -0.3 is 10.4 Å². The molecule has 1 aliphatic heterocycles. The Morgan fingerprint density at radius 2 is 2.30 bits per heavy atom. The van der Waals surface area contributed by atoms with E-state index < -0.39 is 0 Å². The van der Waals surface area contributed by atoms with Gasteiger partial charge in [-0.05, 0) is 43.1 Å². The Bertz CT molecular complexity index is 693. The number of fused-ring (bicyclic) bond motifs is 1. The minimum atomic E-state index is -0.287. The third-order valence-corrected chi connectivity index (χ3v) is 4.02. The van der Waals surface area contributed by atoms with Crippen LogP contribution in [-0.2, 0) is 6.54 Å². The van der Waals surface area contributed by atoms with Crippen LogP contribution in [0.1, 0.15) is 19.3 Å². The lowest BCUT2D eigenvalue weighted by molar-refractivity contribution is 0.359. The van der Waals surface area contributed by atoms with Gasteiger partial charge in [-0.1, -0.05) is 12.5 Å². The fourth-order valence-corrected chi connectivity index (χ4v) is 2.91. The fourth-order valence-electron chi connectivity index (χ4n) is 2.68. The van der Waals surface area contributed by atoms with E-state index in [1.807, 2.05) is 0 Å². The van der Waals surface area contributed by atoms with Gasteiger partial charge in [-0.15, -0.1) is 0 Å². The molecule has 5 nitrogen and oxygen atoms in total. The van der Waals surface area contributed by atoms with Crippen LogP contribution < -0.4 is 10.9 Å². The van der Waals surface area contributed by atoms with Crippen LogP contribution in [0.15, 0.2) is 23.0 Å². The molecule has 2 N–H and O–H groups in total. The summed E-state index contributed by atoms with van der Waals surface area (Å²) in [6.45, 7) is 1.44. The summed E-state index contributed by atoms with van der Waals surface area (Å²) in [5.74, 6) is -0.0537. The number of phenolic OH excluding ortho intramolecular Hbond substituents is 1. The number of piperidine rings is 1. The molecule has 2 heterocycles. The highest BCUT2D eigenvalue weighted by molar-refractivity contribution is 6.28. The first-order valence-corrected chi connectivity index (χ1v) is 7.16. The second kappa shape index (κ2) is 5.42. The van der Waals surface area contributed by atoms with E-state index in [1.54, 1.807) is 12.1 Å². The zero-order chi connectivity index (χ0) is 14.1. The number of rotatable bonds is 2. The van der Waals surface area contributed by atoms with Crippen LogP contribution in [0.25, 0.3) is 10.9 Å². The molecule has 1 atom stereocenters. The van der Waals surface area contributed by atoms with Crippen molar-refractivity contribution < 1.29 is 5.11 Å². The summed E-state index contributed by atoms with van der Waals surface area (Å²) >= 11 is 6.12. The largest absolute Gasteiger partial charge is 0.507 e. The molecule has 0 spiro atoms.